The minimum Gasteiger partial charge on any atom is -0.308 e. The van der Waals surface area contributed by atoms with E-state index in [4.69, 9.17) is 11.6 Å². The maximum Gasteiger partial charge on any atom is 0.155 e. The van der Waals surface area contributed by atoms with Crippen LogP contribution >= 0.6 is 22.9 Å². The van der Waals surface area contributed by atoms with Gasteiger partial charge in [0.05, 0.1) is 22.1 Å². The van der Waals surface area contributed by atoms with Crippen LogP contribution in [0.15, 0.2) is 11.4 Å². The minimum absolute atomic E-state index is 0.155. The van der Waals surface area contributed by atoms with Crippen LogP contribution in [0.4, 0.5) is 0 Å². The fourth-order valence-electron chi connectivity index (χ4n) is 2.57. The van der Waals surface area contributed by atoms with Crippen molar-refractivity contribution in [2.24, 2.45) is 0 Å². The molecule has 1 aromatic rings. The molecule has 0 aliphatic carbocycles. The van der Waals surface area contributed by atoms with E-state index in [1.165, 1.54) is 0 Å². The van der Waals surface area contributed by atoms with Gasteiger partial charge < -0.3 is 5.32 Å². The molecule has 1 aliphatic rings. The maximum atomic E-state index is 12.3. The Hall–Kier alpha value is -0.100. The number of nitrogens with one attached hydrogen (secondary N) is 1. The van der Waals surface area contributed by atoms with E-state index >= 15 is 0 Å². The maximum absolute atomic E-state index is 12.3. The molecule has 2 heterocycles. The summed E-state index contributed by atoms with van der Waals surface area (Å²) in [5.74, 6) is 0.310. The summed E-state index contributed by atoms with van der Waals surface area (Å²) in [5.41, 5.74) is 0. The summed E-state index contributed by atoms with van der Waals surface area (Å²) in [6, 6.07) is 1.69. The van der Waals surface area contributed by atoms with Gasteiger partial charge in [0.1, 0.15) is 0 Å². The van der Waals surface area contributed by atoms with Crippen LogP contribution in [0.3, 0.4) is 0 Å². The lowest BCUT2D eigenvalue weighted by Gasteiger charge is -2.30. The first-order valence-corrected chi connectivity index (χ1v) is 9.71. The van der Waals surface area contributed by atoms with Gasteiger partial charge in [0.15, 0.2) is 9.84 Å². The van der Waals surface area contributed by atoms with Gasteiger partial charge >= 0.3 is 0 Å². The summed E-state index contributed by atoms with van der Waals surface area (Å²) < 4.78 is 24.6. The molecule has 0 radical (unpaired) electrons. The Bertz CT molecular complexity index is 512. The third-order valence-corrected chi connectivity index (χ3v) is 7.27. The number of hydrogen-bond acceptors (Lipinski definition) is 4. The summed E-state index contributed by atoms with van der Waals surface area (Å²) in [6.45, 7) is 2.89. The Morgan fingerprint density at radius 3 is 2.89 bits per heavy atom. The van der Waals surface area contributed by atoms with Crippen LogP contribution in [0.5, 0.6) is 0 Å². The normalized spacial score (nSPS) is 24.2. The standard InChI is InChI=1S/C13H20ClNO2S2/c1-2-7-15-12(13-10(14)6-8-18-13)11-5-3-4-9-19(11,16)17/h6,8,11-12,15H,2-5,7,9H2,1H3. The molecule has 1 fully saturated rings. The summed E-state index contributed by atoms with van der Waals surface area (Å²) >= 11 is 7.74. The third-order valence-electron chi connectivity index (χ3n) is 3.54. The van der Waals surface area contributed by atoms with Gasteiger partial charge in [0, 0.05) is 4.88 Å². The second kappa shape index (κ2) is 6.57. The van der Waals surface area contributed by atoms with E-state index in [-0.39, 0.29) is 11.3 Å². The van der Waals surface area contributed by atoms with E-state index in [1.54, 1.807) is 11.3 Å². The molecule has 6 heteroatoms. The van der Waals surface area contributed by atoms with Crippen LogP contribution in [-0.4, -0.2) is 26.0 Å². The van der Waals surface area contributed by atoms with Gasteiger partial charge in [-0.1, -0.05) is 24.9 Å². The first-order valence-electron chi connectivity index (χ1n) is 6.74. The fourth-order valence-corrected chi connectivity index (χ4v) is 6.06. The van der Waals surface area contributed by atoms with Gasteiger partial charge in [-0.3, -0.25) is 0 Å². The largest absolute Gasteiger partial charge is 0.308 e. The van der Waals surface area contributed by atoms with Crippen LogP contribution in [-0.2, 0) is 9.84 Å². The van der Waals surface area contributed by atoms with Crippen molar-refractivity contribution in [3.63, 3.8) is 0 Å². The van der Waals surface area contributed by atoms with Gasteiger partial charge in [-0.2, -0.15) is 0 Å². The average molecular weight is 322 g/mol. The van der Waals surface area contributed by atoms with Crippen LogP contribution in [0.2, 0.25) is 5.02 Å². The van der Waals surface area contributed by atoms with Crippen molar-refractivity contribution >= 4 is 32.8 Å². The highest BCUT2D eigenvalue weighted by molar-refractivity contribution is 7.92. The van der Waals surface area contributed by atoms with E-state index in [9.17, 15) is 8.42 Å². The molecule has 0 spiro atoms. The molecule has 3 nitrogen and oxygen atoms in total. The predicted octanol–water partition coefficient (Wildman–Crippen LogP) is 3.41. The Balaban J connectivity index is 2.29. The Kier molecular flexibility index (Phi) is 5.29. The smallest absolute Gasteiger partial charge is 0.155 e. The zero-order valence-electron chi connectivity index (χ0n) is 11.1. The van der Waals surface area contributed by atoms with Crippen molar-refractivity contribution in [2.45, 2.75) is 43.9 Å². The lowest BCUT2D eigenvalue weighted by atomic mass is 10.1. The molecule has 0 aromatic carbocycles. The molecular weight excluding hydrogens is 302 g/mol. The van der Waals surface area contributed by atoms with E-state index in [0.29, 0.717) is 10.8 Å². The molecule has 1 aliphatic heterocycles. The van der Waals surface area contributed by atoms with Gasteiger partial charge in [-0.15, -0.1) is 11.3 Å². The number of rotatable bonds is 5. The number of sulfone groups is 1. The van der Waals surface area contributed by atoms with Gasteiger partial charge in [-0.25, -0.2) is 8.42 Å². The molecule has 2 unspecified atom stereocenters. The topological polar surface area (TPSA) is 46.2 Å². The first kappa shape index (κ1) is 15.3. The lowest BCUT2D eigenvalue weighted by Crippen LogP contribution is -2.40. The van der Waals surface area contributed by atoms with Crippen molar-refractivity contribution in [3.8, 4) is 0 Å². The van der Waals surface area contributed by atoms with E-state index in [0.717, 1.165) is 37.1 Å². The van der Waals surface area contributed by atoms with Crippen molar-refractivity contribution in [1.82, 2.24) is 5.32 Å². The molecule has 1 saturated heterocycles. The fraction of sp³-hybridized carbons (Fsp3) is 0.692. The van der Waals surface area contributed by atoms with Crippen LogP contribution < -0.4 is 5.32 Å². The third kappa shape index (κ3) is 3.51. The molecular formula is C13H20ClNO2S2. The summed E-state index contributed by atoms with van der Waals surface area (Å²) in [4.78, 5) is 0.964. The molecule has 0 bridgehead atoms. The van der Waals surface area contributed by atoms with Crippen LogP contribution in [0.1, 0.15) is 43.5 Å². The van der Waals surface area contributed by atoms with Crippen molar-refractivity contribution in [3.05, 3.63) is 21.3 Å². The number of hydrogen-bond donors (Lipinski definition) is 1. The monoisotopic (exact) mass is 321 g/mol. The highest BCUT2D eigenvalue weighted by Crippen LogP contribution is 2.36. The van der Waals surface area contributed by atoms with Crippen molar-refractivity contribution < 1.29 is 8.42 Å². The van der Waals surface area contributed by atoms with Gasteiger partial charge in [0.2, 0.25) is 0 Å². The van der Waals surface area contributed by atoms with Crippen molar-refractivity contribution in [1.29, 1.82) is 0 Å². The molecule has 1 aromatic heterocycles. The average Bonchev–Trinajstić information content (AvgIpc) is 2.78. The summed E-state index contributed by atoms with van der Waals surface area (Å²) in [6.07, 6.45) is 3.49. The lowest BCUT2D eigenvalue weighted by molar-refractivity contribution is 0.451. The van der Waals surface area contributed by atoms with E-state index in [1.807, 2.05) is 11.4 Å². The van der Waals surface area contributed by atoms with Crippen LogP contribution in [0, 0.1) is 0 Å². The molecule has 2 rings (SSSR count). The molecule has 0 saturated carbocycles. The summed E-state index contributed by atoms with van der Waals surface area (Å²) in [7, 11) is -3.01. The highest BCUT2D eigenvalue weighted by Gasteiger charge is 2.37. The quantitative estimate of drug-likeness (QED) is 0.904. The number of thiophene rings is 1. The molecule has 1 N–H and O–H groups in total. The molecule has 108 valence electrons. The minimum atomic E-state index is -3.01. The zero-order valence-corrected chi connectivity index (χ0v) is 13.5. The molecule has 0 amide bonds. The van der Waals surface area contributed by atoms with Crippen molar-refractivity contribution in [2.75, 3.05) is 12.3 Å². The Labute approximate surface area is 124 Å². The second-order valence-electron chi connectivity index (χ2n) is 4.97. The highest BCUT2D eigenvalue weighted by atomic mass is 35.5. The van der Waals surface area contributed by atoms with E-state index in [2.05, 4.69) is 12.2 Å². The molecule has 2 atom stereocenters. The SMILES string of the molecule is CCCNC(c1sccc1Cl)C1CCCCS1(=O)=O. The van der Waals surface area contributed by atoms with Crippen LogP contribution in [0.25, 0.3) is 0 Å². The number of halogens is 1. The predicted molar refractivity (Wildman–Crippen MR) is 81.8 cm³/mol. The van der Waals surface area contributed by atoms with Gasteiger partial charge in [-0.05, 0) is 37.3 Å². The summed E-state index contributed by atoms with van der Waals surface area (Å²) in [5, 5.41) is 5.66. The second-order valence-corrected chi connectivity index (χ2v) is 8.66. The first-order chi connectivity index (χ1) is 9.06. The Morgan fingerprint density at radius 1 is 1.53 bits per heavy atom. The zero-order chi connectivity index (χ0) is 13.9. The van der Waals surface area contributed by atoms with E-state index < -0.39 is 9.84 Å². The van der Waals surface area contributed by atoms with Gasteiger partial charge in [0.25, 0.3) is 0 Å². The molecule has 19 heavy (non-hydrogen) atoms. The Morgan fingerprint density at radius 2 is 2.32 bits per heavy atom.